The summed E-state index contributed by atoms with van der Waals surface area (Å²) in [4.78, 5) is 23.9. The maximum Gasteiger partial charge on any atom is 0.174 e. The Morgan fingerprint density at radius 1 is 0.333 bits per heavy atom. The lowest BCUT2D eigenvalue weighted by Gasteiger charge is -2.34. The van der Waals surface area contributed by atoms with Crippen molar-refractivity contribution in [1.82, 2.24) is 24.9 Å². The fraction of sp³-hybridized carbons (Fsp3) is 0.0328. The molecule has 7 aromatic carbocycles. The van der Waals surface area contributed by atoms with Gasteiger partial charge in [0.05, 0.1) is 11.1 Å². The molecule has 5 heterocycles. The van der Waals surface area contributed by atoms with E-state index in [-0.39, 0.29) is 12.2 Å². The normalized spacial score (nSPS) is 14.8. The van der Waals surface area contributed by atoms with E-state index in [1.165, 1.54) is 0 Å². The Morgan fingerprint density at radius 2 is 0.812 bits per heavy atom. The highest BCUT2D eigenvalue weighted by Gasteiger charge is 2.34. The molecule has 0 fully saturated rings. The topological polar surface area (TPSA) is 96.1 Å². The van der Waals surface area contributed by atoms with Crippen molar-refractivity contribution in [3.8, 4) is 101 Å². The lowest BCUT2D eigenvalue weighted by molar-refractivity contribution is 0.0769. The molecule has 0 spiro atoms. The average molecular weight is 890 g/mol. The molecule has 69 heavy (non-hydrogen) atoms. The standard InChI is InChI=1S/C61H39N5O3/c1-2-9-44(10-3-1)59-64-60(51-13-8-12-50-49-11-4-5-14-53(49)67-56(50)51)66-61(65-59)52-26-25-48(57-58(52)69-55-16-7-6-15-54(55)68-57)43-23-21-39(22-24-43)38-17-19-40(20-18-38)45-35-46(41-27-31-62-32-28-41)37-47(36-45)42-29-33-63-34-30-42/h1-37,54-55H. The van der Waals surface area contributed by atoms with Crippen molar-refractivity contribution >= 4 is 21.9 Å². The third-order valence-corrected chi connectivity index (χ3v) is 12.9. The van der Waals surface area contributed by atoms with Crippen molar-refractivity contribution in [3.05, 3.63) is 225 Å². The molecule has 8 heteroatoms. The SMILES string of the molecule is C1=CC2Oc3c(-c4ccc(-c5ccc(-c6cc(-c7ccncc7)cc(-c7ccncc7)c6)cc5)cc4)ccc(-c4nc(-c5ccccc5)nc(-c5cccc6c5oc5ccccc56)n4)c3OC2C=C1. The van der Waals surface area contributed by atoms with Crippen LogP contribution in [0.15, 0.2) is 229 Å². The zero-order valence-corrected chi connectivity index (χ0v) is 37.0. The number of hydrogen-bond donors (Lipinski definition) is 0. The van der Waals surface area contributed by atoms with Crippen LogP contribution in [0.2, 0.25) is 0 Å². The van der Waals surface area contributed by atoms with E-state index in [1.54, 1.807) is 0 Å². The van der Waals surface area contributed by atoms with Gasteiger partial charge in [-0.3, -0.25) is 9.97 Å². The van der Waals surface area contributed by atoms with Crippen LogP contribution in [0, 0.1) is 0 Å². The predicted molar refractivity (Wildman–Crippen MR) is 273 cm³/mol. The molecule has 0 amide bonds. The van der Waals surface area contributed by atoms with Gasteiger partial charge in [-0.15, -0.1) is 0 Å². The summed E-state index contributed by atoms with van der Waals surface area (Å²) in [5.74, 6) is 2.70. The highest BCUT2D eigenvalue weighted by Crippen LogP contribution is 2.49. The van der Waals surface area contributed by atoms with Gasteiger partial charge in [-0.2, -0.15) is 0 Å². The van der Waals surface area contributed by atoms with E-state index in [0.717, 1.165) is 88.7 Å². The summed E-state index contributed by atoms with van der Waals surface area (Å²) >= 11 is 0. The average Bonchev–Trinajstić information content (AvgIpc) is 3.82. The van der Waals surface area contributed by atoms with Crippen LogP contribution < -0.4 is 9.47 Å². The van der Waals surface area contributed by atoms with Gasteiger partial charge in [-0.05, 0) is 129 Å². The first-order chi connectivity index (χ1) is 34.2. The van der Waals surface area contributed by atoms with Crippen LogP contribution in [0.4, 0.5) is 0 Å². The van der Waals surface area contributed by atoms with Crippen molar-refractivity contribution in [3.63, 3.8) is 0 Å². The summed E-state index contributed by atoms with van der Waals surface area (Å²) in [5, 5.41) is 2.03. The Hall–Kier alpha value is -9.27. The molecule has 2 unspecified atom stereocenters. The number of furan rings is 1. The molecule has 0 saturated heterocycles. The van der Waals surface area contributed by atoms with Crippen molar-refractivity contribution < 1.29 is 13.9 Å². The van der Waals surface area contributed by atoms with E-state index in [9.17, 15) is 0 Å². The van der Waals surface area contributed by atoms with Crippen LogP contribution in [0.1, 0.15) is 0 Å². The van der Waals surface area contributed by atoms with Gasteiger partial charge >= 0.3 is 0 Å². The fourth-order valence-electron chi connectivity index (χ4n) is 9.42. The Labute approximate surface area is 397 Å². The van der Waals surface area contributed by atoms with Gasteiger partial charge < -0.3 is 13.9 Å². The Kier molecular flexibility index (Phi) is 9.79. The molecule has 0 radical (unpaired) electrons. The highest BCUT2D eigenvalue weighted by molar-refractivity contribution is 6.09. The first-order valence-corrected chi connectivity index (χ1v) is 22.9. The van der Waals surface area contributed by atoms with E-state index < -0.39 is 0 Å². The van der Waals surface area contributed by atoms with Crippen LogP contribution >= 0.6 is 0 Å². The van der Waals surface area contributed by atoms with Gasteiger partial charge in [0, 0.05) is 46.7 Å². The van der Waals surface area contributed by atoms with Gasteiger partial charge in [0.1, 0.15) is 11.2 Å². The summed E-state index contributed by atoms with van der Waals surface area (Å²) in [6, 6.07) is 60.5. The van der Waals surface area contributed by atoms with Crippen LogP contribution in [0.3, 0.4) is 0 Å². The number of nitrogens with zero attached hydrogens (tertiary/aromatic N) is 5. The van der Waals surface area contributed by atoms with Gasteiger partial charge in [-0.25, -0.2) is 15.0 Å². The minimum Gasteiger partial charge on any atom is -0.478 e. The second kappa shape index (κ2) is 16.9. The van der Waals surface area contributed by atoms with Crippen molar-refractivity contribution in [2.24, 2.45) is 0 Å². The molecule has 4 aromatic heterocycles. The lowest BCUT2D eigenvalue weighted by atomic mass is 9.93. The molecule has 2 aliphatic rings. The molecule has 326 valence electrons. The molecular weight excluding hydrogens is 851 g/mol. The van der Waals surface area contributed by atoms with Crippen LogP contribution in [-0.2, 0) is 0 Å². The molecule has 11 aromatic rings. The van der Waals surface area contributed by atoms with Gasteiger partial charge in [0.15, 0.2) is 41.2 Å². The second-order valence-electron chi connectivity index (χ2n) is 17.1. The zero-order valence-electron chi connectivity index (χ0n) is 37.0. The number of benzene rings is 7. The summed E-state index contributed by atoms with van der Waals surface area (Å²) in [7, 11) is 0. The van der Waals surface area contributed by atoms with Crippen molar-refractivity contribution in [2.75, 3.05) is 0 Å². The smallest absolute Gasteiger partial charge is 0.174 e. The first kappa shape index (κ1) is 40.0. The molecule has 13 rings (SSSR count). The number of allylic oxidation sites excluding steroid dienone is 2. The molecule has 0 saturated carbocycles. The molecule has 8 nitrogen and oxygen atoms in total. The van der Waals surface area contributed by atoms with Crippen molar-refractivity contribution in [1.29, 1.82) is 0 Å². The van der Waals surface area contributed by atoms with Crippen LogP contribution in [0.5, 0.6) is 11.5 Å². The number of hydrogen-bond acceptors (Lipinski definition) is 8. The van der Waals surface area contributed by atoms with E-state index in [0.29, 0.717) is 34.5 Å². The zero-order chi connectivity index (χ0) is 45.7. The predicted octanol–water partition coefficient (Wildman–Crippen LogP) is 14.5. The monoisotopic (exact) mass is 889 g/mol. The summed E-state index contributed by atoms with van der Waals surface area (Å²) in [5.41, 5.74) is 14.7. The maximum absolute atomic E-state index is 6.90. The number of aromatic nitrogens is 5. The fourth-order valence-corrected chi connectivity index (χ4v) is 9.42. The van der Waals surface area contributed by atoms with E-state index in [1.807, 2.05) is 140 Å². The van der Waals surface area contributed by atoms with Gasteiger partial charge in [0.25, 0.3) is 0 Å². The quantitative estimate of drug-likeness (QED) is 0.149. The number of fused-ring (bicyclic) bond motifs is 5. The Balaban J connectivity index is 0.873. The lowest BCUT2D eigenvalue weighted by Crippen LogP contribution is -2.38. The molecular formula is C61H39N5O3. The molecule has 1 aliphatic carbocycles. The summed E-state index contributed by atoms with van der Waals surface area (Å²) in [6.45, 7) is 0. The molecule has 0 N–H and O–H groups in total. The third-order valence-electron chi connectivity index (χ3n) is 12.9. The maximum atomic E-state index is 6.90. The summed E-state index contributed by atoms with van der Waals surface area (Å²) in [6.07, 6.45) is 14.8. The first-order valence-electron chi connectivity index (χ1n) is 22.9. The number of pyridine rings is 2. The second-order valence-corrected chi connectivity index (χ2v) is 17.1. The molecule has 2 atom stereocenters. The van der Waals surface area contributed by atoms with E-state index in [2.05, 4.69) is 94.9 Å². The number of ether oxygens (including phenoxy) is 2. The van der Waals surface area contributed by atoms with Gasteiger partial charge in [0.2, 0.25) is 0 Å². The highest BCUT2D eigenvalue weighted by atomic mass is 16.6. The largest absolute Gasteiger partial charge is 0.478 e. The number of rotatable bonds is 8. The molecule has 0 bridgehead atoms. The van der Waals surface area contributed by atoms with Crippen molar-refractivity contribution in [2.45, 2.75) is 12.2 Å². The minimum atomic E-state index is -0.332. The van der Waals surface area contributed by atoms with Crippen LogP contribution in [-0.4, -0.2) is 37.1 Å². The Bertz CT molecular complexity index is 3720. The number of para-hydroxylation sites is 2. The van der Waals surface area contributed by atoms with E-state index >= 15 is 0 Å². The summed E-state index contributed by atoms with van der Waals surface area (Å²) < 4.78 is 20.3. The van der Waals surface area contributed by atoms with Crippen LogP contribution in [0.25, 0.3) is 112 Å². The minimum absolute atomic E-state index is 0.306. The Morgan fingerprint density at radius 3 is 1.43 bits per heavy atom. The molecule has 1 aliphatic heterocycles. The van der Waals surface area contributed by atoms with E-state index in [4.69, 9.17) is 28.8 Å². The third kappa shape index (κ3) is 7.41. The van der Waals surface area contributed by atoms with Gasteiger partial charge in [-0.1, -0.05) is 121 Å².